The minimum atomic E-state index is -0.701. The molecule has 0 bridgehead atoms. The van der Waals surface area contributed by atoms with E-state index in [2.05, 4.69) is 10.4 Å². The van der Waals surface area contributed by atoms with Crippen molar-refractivity contribution in [2.75, 3.05) is 0 Å². The molecule has 1 heterocycles. The number of hydrogen-bond donors (Lipinski definition) is 2. The highest BCUT2D eigenvalue weighted by Gasteiger charge is 2.32. The first kappa shape index (κ1) is 18.5. The maximum absolute atomic E-state index is 12.3. The lowest BCUT2D eigenvalue weighted by atomic mass is 10.0. The van der Waals surface area contributed by atoms with E-state index >= 15 is 0 Å². The van der Waals surface area contributed by atoms with Gasteiger partial charge < -0.3 is 15.2 Å². The number of carbonyl (C=O) groups excluding carboxylic acids is 1. The first-order valence-corrected chi connectivity index (χ1v) is 9.39. The van der Waals surface area contributed by atoms with Crippen LogP contribution in [0.5, 0.6) is 5.75 Å². The average Bonchev–Trinajstić information content (AvgIpc) is 3.11. The zero-order valence-corrected chi connectivity index (χ0v) is 15.0. The van der Waals surface area contributed by atoms with Crippen LogP contribution >= 0.6 is 0 Å². The van der Waals surface area contributed by atoms with Crippen LogP contribution in [-0.4, -0.2) is 39.0 Å². The largest absolute Gasteiger partial charge is 0.488 e. The third-order valence-corrected chi connectivity index (χ3v) is 4.77. The Morgan fingerprint density at radius 1 is 1.23 bits per heavy atom. The number of benzene rings is 1. The van der Waals surface area contributed by atoms with Crippen molar-refractivity contribution in [3.8, 4) is 5.75 Å². The molecule has 6 heteroatoms. The first-order valence-electron chi connectivity index (χ1n) is 9.39. The van der Waals surface area contributed by atoms with E-state index in [1.165, 1.54) is 0 Å². The number of ether oxygens (including phenoxy) is 1. The molecule has 26 heavy (non-hydrogen) atoms. The fourth-order valence-electron chi connectivity index (χ4n) is 3.38. The third-order valence-electron chi connectivity index (χ3n) is 4.77. The van der Waals surface area contributed by atoms with Crippen LogP contribution in [0.1, 0.15) is 38.5 Å². The highest BCUT2D eigenvalue weighted by molar-refractivity contribution is 5.76. The van der Waals surface area contributed by atoms with Crippen LogP contribution in [0.25, 0.3) is 0 Å². The zero-order chi connectivity index (χ0) is 18.2. The molecule has 3 rings (SSSR count). The number of carbonyl (C=O) groups is 1. The van der Waals surface area contributed by atoms with Gasteiger partial charge in [0.05, 0.1) is 6.04 Å². The Morgan fingerprint density at radius 2 is 2.04 bits per heavy atom. The zero-order valence-electron chi connectivity index (χ0n) is 15.0. The molecule has 0 spiro atoms. The second kappa shape index (κ2) is 9.38. The molecule has 6 nitrogen and oxygen atoms in total. The summed E-state index contributed by atoms with van der Waals surface area (Å²) in [5, 5.41) is 17.9. The molecule has 0 radical (unpaired) electrons. The van der Waals surface area contributed by atoms with Crippen molar-refractivity contribution >= 4 is 5.91 Å². The molecule has 2 N–H and O–H groups in total. The van der Waals surface area contributed by atoms with E-state index in [0.29, 0.717) is 13.0 Å². The van der Waals surface area contributed by atoms with Crippen molar-refractivity contribution in [3.63, 3.8) is 0 Å². The molecule has 1 fully saturated rings. The number of aryl methyl sites for hydroxylation is 1. The van der Waals surface area contributed by atoms with Crippen LogP contribution in [-0.2, 0) is 11.3 Å². The quantitative estimate of drug-likeness (QED) is 0.747. The molecule has 0 unspecified atom stereocenters. The molecule has 0 aliphatic heterocycles. The summed E-state index contributed by atoms with van der Waals surface area (Å²) in [6.07, 6.45) is 7.30. The molecule has 140 valence electrons. The number of para-hydroxylation sites is 1. The van der Waals surface area contributed by atoms with Crippen LogP contribution < -0.4 is 10.1 Å². The Kier molecular flexibility index (Phi) is 6.66. The number of hydrogen-bond acceptors (Lipinski definition) is 4. The first-order chi connectivity index (χ1) is 12.7. The smallest absolute Gasteiger partial charge is 0.220 e. The minimum absolute atomic E-state index is 0.0263. The summed E-state index contributed by atoms with van der Waals surface area (Å²) in [5.74, 6) is 0.726. The van der Waals surface area contributed by atoms with Gasteiger partial charge in [0.2, 0.25) is 5.91 Å². The Labute approximate surface area is 154 Å². The van der Waals surface area contributed by atoms with Crippen LogP contribution in [0.15, 0.2) is 48.8 Å². The Balaban J connectivity index is 1.49. The van der Waals surface area contributed by atoms with Gasteiger partial charge in [0.15, 0.2) is 0 Å². The molecule has 3 atom stereocenters. The second-order valence-corrected chi connectivity index (χ2v) is 6.79. The van der Waals surface area contributed by atoms with Crippen molar-refractivity contribution in [2.45, 2.75) is 63.3 Å². The van der Waals surface area contributed by atoms with Crippen molar-refractivity contribution in [1.82, 2.24) is 15.1 Å². The fourth-order valence-corrected chi connectivity index (χ4v) is 3.38. The van der Waals surface area contributed by atoms with Gasteiger partial charge in [-0.05, 0) is 43.9 Å². The summed E-state index contributed by atoms with van der Waals surface area (Å²) < 4.78 is 7.79. The Bertz CT molecular complexity index is 660. The summed E-state index contributed by atoms with van der Waals surface area (Å²) in [5.41, 5.74) is 0. The molecule has 0 saturated heterocycles. The SMILES string of the molecule is O=C(CCCn1cccn1)N[C@@H]1CCCC[C@@H](Oc2ccccc2)[C@@H]1O. The highest BCUT2D eigenvalue weighted by Crippen LogP contribution is 2.23. The monoisotopic (exact) mass is 357 g/mol. The Morgan fingerprint density at radius 3 is 2.81 bits per heavy atom. The van der Waals surface area contributed by atoms with Crippen molar-refractivity contribution in [2.24, 2.45) is 0 Å². The van der Waals surface area contributed by atoms with Crippen molar-refractivity contribution in [1.29, 1.82) is 0 Å². The lowest BCUT2D eigenvalue weighted by molar-refractivity contribution is -0.123. The lowest BCUT2D eigenvalue weighted by Crippen LogP contribution is -2.49. The molecule has 1 aliphatic carbocycles. The van der Waals surface area contributed by atoms with E-state index < -0.39 is 6.10 Å². The van der Waals surface area contributed by atoms with Crippen LogP contribution in [0.4, 0.5) is 0 Å². The molecule has 1 aromatic carbocycles. The summed E-state index contributed by atoms with van der Waals surface area (Å²) in [4.78, 5) is 12.3. The predicted octanol–water partition coefficient (Wildman–Crippen LogP) is 2.53. The second-order valence-electron chi connectivity index (χ2n) is 6.79. The summed E-state index contributed by atoms with van der Waals surface area (Å²) in [7, 11) is 0. The standard InChI is InChI=1S/C20H27N3O3/c24-19(12-6-14-23-15-7-13-21-23)22-17-10-4-5-11-18(20(17)25)26-16-8-2-1-3-9-16/h1-3,7-9,13,15,17-18,20,25H,4-6,10-12,14H2,(H,22,24)/t17-,18-,20-/m1/s1. The van der Waals surface area contributed by atoms with Gasteiger partial charge >= 0.3 is 0 Å². The van der Waals surface area contributed by atoms with Crippen LogP contribution in [0.2, 0.25) is 0 Å². The van der Waals surface area contributed by atoms with E-state index in [9.17, 15) is 9.90 Å². The molecular formula is C20H27N3O3. The topological polar surface area (TPSA) is 76.4 Å². The summed E-state index contributed by atoms with van der Waals surface area (Å²) in [6, 6.07) is 11.1. The van der Waals surface area contributed by atoms with Crippen molar-refractivity contribution in [3.05, 3.63) is 48.8 Å². The van der Waals surface area contributed by atoms with E-state index in [-0.39, 0.29) is 18.1 Å². The maximum Gasteiger partial charge on any atom is 0.220 e. The van der Waals surface area contributed by atoms with E-state index in [1.807, 2.05) is 47.3 Å². The summed E-state index contributed by atoms with van der Waals surface area (Å²) >= 11 is 0. The average molecular weight is 357 g/mol. The Hall–Kier alpha value is -2.34. The molecule has 1 amide bonds. The van der Waals surface area contributed by atoms with Gasteiger partial charge in [-0.2, -0.15) is 5.10 Å². The van der Waals surface area contributed by atoms with Gasteiger partial charge in [0.25, 0.3) is 0 Å². The van der Waals surface area contributed by atoms with Gasteiger partial charge in [-0.15, -0.1) is 0 Å². The molecule has 1 aliphatic rings. The number of nitrogens with one attached hydrogen (secondary N) is 1. The van der Waals surface area contributed by atoms with E-state index in [0.717, 1.165) is 37.9 Å². The van der Waals surface area contributed by atoms with E-state index in [1.54, 1.807) is 6.20 Å². The van der Waals surface area contributed by atoms with Crippen LogP contribution in [0, 0.1) is 0 Å². The van der Waals surface area contributed by atoms with E-state index in [4.69, 9.17) is 4.74 Å². The molecule has 1 saturated carbocycles. The summed E-state index contributed by atoms with van der Waals surface area (Å²) in [6.45, 7) is 0.716. The van der Waals surface area contributed by atoms with Gasteiger partial charge in [-0.1, -0.05) is 24.6 Å². The third kappa shape index (κ3) is 5.33. The number of aliphatic hydroxyl groups excluding tert-OH is 1. The fraction of sp³-hybridized carbons (Fsp3) is 0.500. The number of rotatable bonds is 7. The van der Waals surface area contributed by atoms with Gasteiger partial charge in [-0.3, -0.25) is 9.48 Å². The number of aliphatic hydroxyl groups is 1. The number of nitrogens with zero attached hydrogens (tertiary/aromatic N) is 2. The van der Waals surface area contributed by atoms with Gasteiger partial charge in [-0.25, -0.2) is 0 Å². The predicted molar refractivity (Wildman–Crippen MR) is 98.7 cm³/mol. The van der Waals surface area contributed by atoms with Gasteiger partial charge in [0, 0.05) is 25.4 Å². The molecule has 2 aromatic rings. The van der Waals surface area contributed by atoms with Crippen LogP contribution in [0.3, 0.4) is 0 Å². The number of aromatic nitrogens is 2. The van der Waals surface area contributed by atoms with Crippen molar-refractivity contribution < 1.29 is 14.6 Å². The molecular weight excluding hydrogens is 330 g/mol. The maximum atomic E-state index is 12.3. The normalized spacial score (nSPS) is 23.2. The lowest BCUT2D eigenvalue weighted by Gasteiger charge is -2.28. The van der Waals surface area contributed by atoms with Gasteiger partial charge in [0.1, 0.15) is 18.0 Å². The minimum Gasteiger partial charge on any atom is -0.488 e. The highest BCUT2D eigenvalue weighted by atomic mass is 16.5. The number of amides is 1. The molecule has 1 aromatic heterocycles.